The highest BCUT2D eigenvalue weighted by Crippen LogP contribution is 2.23. The number of rotatable bonds is 8. The van der Waals surface area contributed by atoms with Gasteiger partial charge in [0.1, 0.15) is 0 Å². The predicted molar refractivity (Wildman–Crippen MR) is 124 cm³/mol. The van der Waals surface area contributed by atoms with Crippen LogP contribution in [0, 0.1) is 19.8 Å². The fourth-order valence-corrected chi connectivity index (χ4v) is 5.38. The third kappa shape index (κ3) is 6.30. The number of nitrogens with one attached hydrogen (secondary N) is 2. The monoisotopic (exact) mass is 446 g/mol. The van der Waals surface area contributed by atoms with Gasteiger partial charge < -0.3 is 10.6 Å². The van der Waals surface area contributed by atoms with E-state index in [0.29, 0.717) is 23.9 Å². The van der Waals surface area contributed by atoms with Crippen molar-refractivity contribution >= 4 is 16.0 Å². The predicted octanol–water partition coefficient (Wildman–Crippen LogP) is 2.16. The Balaban J connectivity index is 1.37. The van der Waals surface area contributed by atoms with Gasteiger partial charge in [-0.3, -0.25) is 9.67 Å². The van der Waals surface area contributed by atoms with E-state index < -0.39 is 10.0 Å². The van der Waals surface area contributed by atoms with Gasteiger partial charge in [0.2, 0.25) is 10.0 Å². The van der Waals surface area contributed by atoms with Crippen LogP contribution in [-0.2, 0) is 16.6 Å². The summed E-state index contributed by atoms with van der Waals surface area (Å²) in [5.41, 5.74) is 2.23. The molecule has 1 aromatic heterocycles. The summed E-state index contributed by atoms with van der Waals surface area (Å²) in [5.74, 6) is 1.21. The molecule has 31 heavy (non-hydrogen) atoms. The summed E-state index contributed by atoms with van der Waals surface area (Å²) in [6, 6.07) is 10.8. The second-order valence-corrected chi connectivity index (χ2v) is 9.98. The zero-order chi connectivity index (χ0) is 22.3. The minimum absolute atomic E-state index is 0.372. The zero-order valence-electron chi connectivity index (χ0n) is 18.7. The van der Waals surface area contributed by atoms with Crippen molar-refractivity contribution < 1.29 is 8.42 Å². The van der Waals surface area contributed by atoms with E-state index in [1.165, 1.54) is 5.69 Å². The molecule has 0 atom stereocenters. The molecule has 8 nitrogen and oxygen atoms in total. The lowest BCUT2D eigenvalue weighted by Gasteiger charge is -2.31. The molecule has 1 aromatic carbocycles. The van der Waals surface area contributed by atoms with E-state index in [4.69, 9.17) is 0 Å². The Bertz CT molecular complexity index is 963. The highest BCUT2D eigenvalue weighted by Gasteiger charge is 2.29. The van der Waals surface area contributed by atoms with Crippen molar-refractivity contribution in [1.82, 2.24) is 24.7 Å². The van der Waals surface area contributed by atoms with Crippen molar-refractivity contribution in [2.45, 2.75) is 44.6 Å². The molecule has 0 unspecified atom stereocenters. The molecule has 0 spiro atoms. The van der Waals surface area contributed by atoms with Crippen molar-refractivity contribution in [3.63, 3.8) is 0 Å². The molecular weight excluding hydrogens is 412 g/mol. The van der Waals surface area contributed by atoms with Crippen LogP contribution in [-0.4, -0.2) is 61.7 Å². The van der Waals surface area contributed by atoms with Crippen LogP contribution < -0.4 is 10.6 Å². The molecule has 3 rings (SSSR count). The first kappa shape index (κ1) is 23.3. The highest BCUT2D eigenvalue weighted by molar-refractivity contribution is 7.89. The lowest BCUT2D eigenvalue weighted by Crippen LogP contribution is -2.44. The molecule has 2 N–H and O–H groups in total. The zero-order valence-corrected chi connectivity index (χ0v) is 19.5. The molecule has 0 radical (unpaired) electrons. The number of piperidine rings is 1. The Morgan fingerprint density at radius 2 is 1.87 bits per heavy atom. The number of sulfonamides is 1. The van der Waals surface area contributed by atoms with Crippen LogP contribution in [0.1, 0.15) is 30.7 Å². The first-order valence-corrected chi connectivity index (χ1v) is 12.3. The second kappa shape index (κ2) is 10.8. The van der Waals surface area contributed by atoms with E-state index >= 15 is 0 Å². The van der Waals surface area contributed by atoms with Crippen molar-refractivity contribution in [1.29, 1.82) is 0 Å². The Hall–Kier alpha value is -2.39. The molecule has 0 saturated carbocycles. The molecule has 0 amide bonds. The van der Waals surface area contributed by atoms with Gasteiger partial charge in [0.05, 0.1) is 10.6 Å². The van der Waals surface area contributed by atoms with Crippen LogP contribution in [0.3, 0.4) is 0 Å². The van der Waals surface area contributed by atoms with E-state index in [1.54, 1.807) is 35.6 Å². The standard InChI is InChI=1S/C22H34N6O2S/c1-18-16-19(2)28(26-18)13-7-12-24-22(23-3)25-17-20-10-14-27(15-11-20)31(29,30)21-8-5-4-6-9-21/h4-6,8-9,16,20H,7,10-15,17H2,1-3H3,(H2,23,24,25). The Kier molecular flexibility index (Phi) is 8.09. The number of aromatic nitrogens is 2. The second-order valence-electron chi connectivity index (χ2n) is 8.04. The molecule has 1 aliphatic rings. The van der Waals surface area contributed by atoms with E-state index in [-0.39, 0.29) is 0 Å². The van der Waals surface area contributed by atoms with Gasteiger partial charge in [-0.05, 0) is 57.2 Å². The quantitative estimate of drug-likeness (QED) is 0.368. The lowest BCUT2D eigenvalue weighted by atomic mass is 9.98. The first-order valence-electron chi connectivity index (χ1n) is 10.9. The number of hydrogen-bond donors (Lipinski definition) is 2. The molecule has 9 heteroatoms. The van der Waals surface area contributed by atoms with Crippen molar-refractivity contribution in [3.8, 4) is 0 Å². The summed E-state index contributed by atoms with van der Waals surface area (Å²) in [7, 11) is -1.62. The SMILES string of the molecule is CN=C(NCCCn1nc(C)cc1C)NCC1CCN(S(=O)(=O)c2ccccc2)CC1. The maximum absolute atomic E-state index is 12.8. The Labute approximate surface area is 185 Å². The third-order valence-corrected chi connectivity index (χ3v) is 7.59. The van der Waals surface area contributed by atoms with Crippen LogP contribution in [0.25, 0.3) is 0 Å². The molecule has 0 aliphatic carbocycles. The first-order chi connectivity index (χ1) is 14.9. The minimum Gasteiger partial charge on any atom is -0.356 e. The molecule has 1 fully saturated rings. The normalized spacial score (nSPS) is 16.4. The van der Waals surface area contributed by atoms with Crippen LogP contribution in [0.2, 0.25) is 0 Å². The number of benzene rings is 1. The van der Waals surface area contributed by atoms with Crippen LogP contribution in [0.4, 0.5) is 0 Å². The summed E-state index contributed by atoms with van der Waals surface area (Å²) < 4.78 is 29.1. The topological polar surface area (TPSA) is 91.6 Å². The highest BCUT2D eigenvalue weighted by atomic mass is 32.2. The van der Waals surface area contributed by atoms with Crippen molar-refractivity contribution in [2.75, 3.05) is 33.2 Å². The van der Waals surface area contributed by atoms with Gasteiger partial charge >= 0.3 is 0 Å². The largest absolute Gasteiger partial charge is 0.356 e. The number of guanidine groups is 1. The van der Waals surface area contributed by atoms with Crippen molar-refractivity contribution in [3.05, 3.63) is 47.8 Å². The lowest BCUT2D eigenvalue weighted by molar-refractivity contribution is 0.273. The molecule has 1 aliphatic heterocycles. The average Bonchev–Trinajstić information content (AvgIpc) is 3.11. The maximum Gasteiger partial charge on any atom is 0.243 e. The molecule has 0 bridgehead atoms. The smallest absolute Gasteiger partial charge is 0.243 e. The van der Waals surface area contributed by atoms with E-state index in [0.717, 1.165) is 50.6 Å². The van der Waals surface area contributed by atoms with Gasteiger partial charge in [-0.15, -0.1) is 0 Å². The van der Waals surface area contributed by atoms with Crippen LogP contribution in [0.15, 0.2) is 46.3 Å². The van der Waals surface area contributed by atoms with Gasteiger partial charge in [0.25, 0.3) is 0 Å². The van der Waals surface area contributed by atoms with Gasteiger partial charge in [0.15, 0.2) is 5.96 Å². The van der Waals surface area contributed by atoms with Crippen LogP contribution in [0.5, 0.6) is 0 Å². The van der Waals surface area contributed by atoms with Gasteiger partial charge in [-0.1, -0.05) is 18.2 Å². The summed E-state index contributed by atoms with van der Waals surface area (Å²) in [6.07, 6.45) is 2.64. The van der Waals surface area contributed by atoms with E-state index in [1.807, 2.05) is 17.7 Å². The van der Waals surface area contributed by atoms with Gasteiger partial charge in [0, 0.05) is 45.5 Å². The number of hydrogen-bond acceptors (Lipinski definition) is 4. The molecular formula is C22H34N6O2S. The molecule has 1 saturated heterocycles. The summed E-state index contributed by atoms with van der Waals surface area (Å²) in [4.78, 5) is 4.67. The molecule has 2 aromatic rings. The van der Waals surface area contributed by atoms with Crippen molar-refractivity contribution in [2.24, 2.45) is 10.9 Å². The summed E-state index contributed by atoms with van der Waals surface area (Å²) >= 11 is 0. The Morgan fingerprint density at radius 3 is 2.48 bits per heavy atom. The third-order valence-electron chi connectivity index (χ3n) is 5.68. The summed E-state index contributed by atoms with van der Waals surface area (Å²) in [6.45, 7) is 7.66. The van der Waals surface area contributed by atoms with Gasteiger partial charge in [-0.2, -0.15) is 9.40 Å². The number of nitrogens with zero attached hydrogens (tertiary/aromatic N) is 4. The maximum atomic E-state index is 12.8. The van der Waals surface area contributed by atoms with E-state index in [2.05, 4.69) is 33.7 Å². The van der Waals surface area contributed by atoms with E-state index in [9.17, 15) is 8.42 Å². The van der Waals surface area contributed by atoms with Crippen LogP contribution >= 0.6 is 0 Å². The summed E-state index contributed by atoms with van der Waals surface area (Å²) in [5, 5.41) is 11.2. The molecule has 170 valence electrons. The fourth-order valence-electron chi connectivity index (χ4n) is 3.89. The minimum atomic E-state index is -3.39. The fraction of sp³-hybridized carbons (Fsp3) is 0.545. The average molecular weight is 447 g/mol. The molecule has 2 heterocycles. The number of aliphatic imine (C=N–C) groups is 1. The number of aryl methyl sites for hydroxylation is 3. The Morgan fingerprint density at radius 1 is 1.16 bits per heavy atom. The van der Waals surface area contributed by atoms with Gasteiger partial charge in [-0.25, -0.2) is 8.42 Å².